The van der Waals surface area contributed by atoms with E-state index in [2.05, 4.69) is 17.2 Å². The lowest BCUT2D eigenvalue weighted by Gasteiger charge is -2.37. The van der Waals surface area contributed by atoms with E-state index in [0.717, 1.165) is 6.54 Å². The fourth-order valence-corrected chi connectivity index (χ4v) is 2.18. The number of amides is 1. The number of carbonyl (C=O) groups excluding carboxylic acids is 1. The van der Waals surface area contributed by atoms with E-state index in [9.17, 15) is 4.79 Å². The number of nitrogens with one attached hydrogen (secondary N) is 1. The Morgan fingerprint density at radius 3 is 3.06 bits per heavy atom. The minimum Gasteiger partial charge on any atom is -0.494 e. The van der Waals surface area contributed by atoms with Gasteiger partial charge in [-0.05, 0) is 19.9 Å². The van der Waals surface area contributed by atoms with Gasteiger partial charge in [0.15, 0.2) is 0 Å². The predicted molar refractivity (Wildman–Crippen MR) is 68.8 cm³/mol. The van der Waals surface area contributed by atoms with Gasteiger partial charge in [0.05, 0.1) is 18.9 Å². The summed E-state index contributed by atoms with van der Waals surface area (Å²) >= 11 is 0. The van der Waals surface area contributed by atoms with E-state index < -0.39 is 0 Å². The standard InChI is InChI=1S/C13H19N3O2/c1-9-8-16(10(2)6-15-9)13(17)11-4-5-14-7-12(11)18-3/h4-5,7,9-10,15H,6,8H2,1-3H3. The summed E-state index contributed by atoms with van der Waals surface area (Å²) in [5, 5.41) is 3.36. The molecule has 2 unspecified atom stereocenters. The molecule has 1 amide bonds. The molecule has 1 aromatic heterocycles. The maximum absolute atomic E-state index is 12.5. The van der Waals surface area contributed by atoms with Crippen molar-refractivity contribution in [2.24, 2.45) is 0 Å². The summed E-state index contributed by atoms with van der Waals surface area (Å²) in [7, 11) is 1.55. The number of rotatable bonds is 2. The number of hydrogen-bond donors (Lipinski definition) is 1. The first-order chi connectivity index (χ1) is 8.63. The van der Waals surface area contributed by atoms with E-state index in [0.29, 0.717) is 23.9 Å². The number of nitrogens with zero attached hydrogens (tertiary/aromatic N) is 2. The summed E-state index contributed by atoms with van der Waals surface area (Å²) in [6, 6.07) is 2.21. The second-order valence-corrected chi connectivity index (χ2v) is 4.69. The lowest BCUT2D eigenvalue weighted by atomic mass is 10.1. The van der Waals surface area contributed by atoms with Gasteiger partial charge >= 0.3 is 0 Å². The van der Waals surface area contributed by atoms with Gasteiger partial charge in [-0.2, -0.15) is 0 Å². The van der Waals surface area contributed by atoms with Crippen LogP contribution in [-0.2, 0) is 0 Å². The van der Waals surface area contributed by atoms with Crippen molar-refractivity contribution in [2.45, 2.75) is 25.9 Å². The topological polar surface area (TPSA) is 54.5 Å². The van der Waals surface area contributed by atoms with E-state index in [1.54, 1.807) is 25.6 Å². The molecule has 1 aliphatic heterocycles. The van der Waals surface area contributed by atoms with Gasteiger partial charge in [0.2, 0.25) is 0 Å². The maximum atomic E-state index is 12.5. The number of pyridine rings is 1. The third-order valence-electron chi connectivity index (χ3n) is 3.26. The van der Waals surface area contributed by atoms with Crippen molar-refractivity contribution >= 4 is 5.91 Å². The monoisotopic (exact) mass is 249 g/mol. The largest absolute Gasteiger partial charge is 0.494 e. The van der Waals surface area contributed by atoms with Crippen LogP contribution in [0.5, 0.6) is 5.75 Å². The predicted octanol–water partition coefficient (Wildman–Crippen LogP) is 0.913. The zero-order chi connectivity index (χ0) is 13.1. The van der Waals surface area contributed by atoms with E-state index in [1.807, 2.05) is 11.8 Å². The molecule has 0 bridgehead atoms. The minimum absolute atomic E-state index is 0.00935. The fraction of sp³-hybridized carbons (Fsp3) is 0.538. The van der Waals surface area contributed by atoms with Crippen LogP contribution >= 0.6 is 0 Å². The Kier molecular flexibility index (Phi) is 3.81. The normalized spacial score (nSPS) is 23.8. The summed E-state index contributed by atoms with van der Waals surface area (Å²) in [5.74, 6) is 0.538. The molecule has 1 saturated heterocycles. The minimum atomic E-state index is 0.00935. The highest BCUT2D eigenvalue weighted by Gasteiger charge is 2.28. The molecule has 0 radical (unpaired) electrons. The highest BCUT2D eigenvalue weighted by Crippen LogP contribution is 2.20. The Hall–Kier alpha value is -1.62. The first kappa shape index (κ1) is 12.8. The Bertz CT molecular complexity index is 436. The van der Waals surface area contributed by atoms with E-state index in [1.165, 1.54) is 0 Å². The zero-order valence-corrected chi connectivity index (χ0v) is 11.0. The van der Waals surface area contributed by atoms with Crippen molar-refractivity contribution in [3.05, 3.63) is 24.0 Å². The first-order valence-electron chi connectivity index (χ1n) is 6.16. The van der Waals surface area contributed by atoms with Gasteiger partial charge in [-0.3, -0.25) is 9.78 Å². The van der Waals surface area contributed by atoms with Gasteiger partial charge in [0.1, 0.15) is 5.75 Å². The lowest BCUT2D eigenvalue weighted by Crippen LogP contribution is -2.56. The van der Waals surface area contributed by atoms with E-state index in [4.69, 9.17) is 4.74 Å². The summed E-state index contributed by atoms with van der Waals surface area (Å²) in [6.07, 6.45) is 3.19. The van der Waals surface area contributed by atoms with Crippen LogP contribution in [0.25, 0.3) is 0 Å². The van der Waals surface area contributed by atoms with Crippen LogP contribution < -0.4 is 10.1 Å². The molecule has 2 heterocycles. The third kappa shape index (κ3) is 2.46. The molecule has 98 valence electrons. The van der Waals surface area contributed by atoms with Gasteiger partial charge in [-0.15, -0.1) is 0 Å². The van der Waals surface area contributed by atoms with Gasteiger partial charge in [-0.25, -0.2) is 0 Å². The van der Waals surface area contributed by atoms with Crippen LogP contribution in [0.2, 0.25) is 0 Å². The van der Waals surface area contributed by atoms with Crippen LogP contribution in [0.1, 0.15) is 24.2 Å². The fourth-order valence-electron chi connectivity index (χ4n) is 2.18. The van der Waals surface area contributed by atoms with Crippen LogP contribution in [0.3, 0.4) is 0 Å². The molecular weight excluding hydrogens is 230 g/mol. The molecule has 2 rings (SSSR count). The highest BCUT2D eigenvalue weighted by atomic mass is 16.5. The molecule has 5 heteroatoms. The number of aromatic nitrogens is 1. The number of methoxy groups -OCH3 is 1. The third-order valence-corrected chi connectivity index (χ3v) is 3.26. The van der Waals surface area contributed by atoms with Crippen molar-refractivity contribution in [2.75, 3.05) is 20.2 Å². The van der Waals surface area contributed by atoms with Gasteiger partial charge < -0.3 is 15.0 Å². The van der Waals surface area contributed by atoms with Crippen LogP contribution in [0.15, 0.2) is 18.5 Å². The van der Waals surface area contributed by atoms with E-state index >= 15 is 0 Å². The molecule has 0 saturated carbocycles. The molecule has 5 nitrogen and oxygen atoms in total. The number of carbonyl (C=O) groups is 1. The Balaban J connectivity index is 2.24. The summed E-state index contributed by atoms with van der Waals surface area (Å²) in [5.41, 5.74) is 0.577. The zero-order valence-electron chi connectivity index (χ0n) is 11.0. The molecule has 1 aliphatic rings. The summed E-state index contributed by atoms with van der Waals surface area (Å²) in [6.45, 7) is 5.66. The first-order valence-corrected chi connectivity index (χ1v) is 6.16. The molecule has 1 aromatic rings. The Morgan fingerprint density at radius 2 is 2.33 bits per heavy atom. The second-order valence-electron chi connectivity index (χ2n) is 4.69. The molecular formula is C13H19N3O2. The average molecular weight is 249 g/mol. The molecule has 18 heavy (non-hydrogen) atoms. The molecule has 2 atom stereocenters. The Morgan fingerprint density at radius 1 is 1.56 bits per heavy atom. The molecule has 0 aliphatic carbocycles. The van der Waals surface area contributed by atoms with Gasteiger partial charge in [-0.1, -0.05) is 0 Å². The quantitative estimate of drug-likeness (QED) is 0.846. The lowest BCUT2D eigenvalue weighted by molar-refractivity contribution is 0.0613. The second kappa shape index (κ2) is 5.35. The number of ether oxygens (including phenoxy) is 1. The molecule has 0 spiro atoms. The van der Waals surface area contributed by atoms with Crippen LogP contribution in [0, 0.1) is 0 Å². The van der Waals surface area contributed by atoms with Crippen LogP contribution in [0.4, 0.5) is 0 Å². The van der Waals surface area contributed by atoms with Crippen LogP contribution in [-0.4, -0.2) is 48.1 Å². The smallest absolute Gasteiger partial charge is 0.258 e. The van der Waals surface area contributed by atoms with Crippen molar-refractivity contribution < 1.29 is 9.53 Å². The van der Waals surface area contributed by atoms with Crippen molar-refractivity contribution in [1.82, 2.24) is 15.2 Å². The van der Waals surface area contributed by atoms with Gasteiger partial charge in [0.25, 0.3) is 5.91 Å². The SMILES string of the molecule is COc1cnccc1C(=O)N1CC(C)NCC1C. The van der Waals surface area contributed by atoms with Crippen molar-refractivity contribution in [3.8, 4) is 5.75 Å². The van der Waals surface area contributed by atoms with Crippen molar-refractivity contribution in [3.63, 3.8) is 0 Å². The molecule has 1 fully saturated rings. The maximum Gasteiger partial charge on any atom is 0.258 e. The molecule has 1 N–H and O–H groups in total. The van der Waals surface area contributed by atoms with Crippen molar-refractivity contribution in [1.29, 1.82) is 0 Å². The highest BCUT2D eigenvalue weighted by molar-refractivity contribution is 5.97. The summed E-state index contributed by atoms with van der Waals surface area (Å²) in [4.78, 5) is 18.4. The number of hydrogen-bond acceptors (Lipinski definition) is 4. The van der Waals surface area contributed by atoms with E-state index in [-0.39, 0.29) is 11.9 Å². The summed E-state index contributed by atoms with van der Waals surface area (Å²) < 4.78 is 5.19. The average Bonchev–Trinajstić information content (AvgIpc) is 2.40. The molecule has 0 aromatic carbocycles. The van der Waals surface area contributed by atoms with Gasteiger partial charge in [0, 0.05) is 31.4 Å². The Labute approximate surface area is 107 Å². The number of piperazine rings is 1.